The zero-order valence-electron chi connectivity index (χ0n) is 11.1. The maximum Gasteiger partial charge on any atom is 0.265 e. The van der Waals surface area contributed by atoms with Gasteiger partial charge in [-0.15, -0.1) is 0 Å². The second-order valence-electron chi connectivity index (χ2n) is 4.17. The zero-order valence-corrected chi connectivity index (χ0v) is 12.0. The number of nitrogens with zero attached hydrogens (tertiary/aromatic N) is 1. The van der Waals surface area contributed by atoms with Crippen LogP contribution in [-0.4, -0.2) is 25.2 Å². The Bertz CT molecular complexity index is 818. The molecule has 0 bridgehead atoms. The van der Waals surface area contributed by atoms with Gasteiger partial charge in [0.25, 0.3) is 10.0 Å². The standard InChI is InChI=1S/C13H13FN4O2S/c1-9-13(8-16-17-9)21(19,20)18-11-5-4-10(3-2-6-15)12(14)7-11/h4-5,7-8,18H,6,15H2,1H3,(H,16,17). The SMILES string of the molecule is Cc1[nH]ncc1S(=O)(=O)Nc1ccc(C#CCN)c(F)c1. The maximum absolute atomic E-state index is 13.8. The van der Waals surface area contributed by atoms with Crippen LogP contribution in [0, 0.1) is 24.6 Å². The highest BCUT2D eigenvalue weighted by Crippen LogP contribution is 2.19. The fourth-order valence-corrected chi connectivity index (χ4v) is 2.83. The molecule has 0 fully saturated rings. The molecular formula is C13H13FN4O2S. The predicted octanol–water partition coefficient (Wildman–Crippen LogP) is 0.968. The second-order valence-corrected chi connectivity index (χ2v) is 5.82. The molecule has 110 valence electrons. The molecule has 1 aromatic carbocycles. The van der Waals surface area contributed by atoms with Gasteiger partial charge in [-0.25, -0.2) is 12.8 Å². The number of nitrogens with two attached hydrogens (primary N) is 1. The third-order valence-corrected chi connectivity index (χ3v) is 4.11. The van der Waals surface area contributed by atoms with Crippen molar-refractivity contribution in [2.75, 3.05) is 11.3 Å². The minimum absolute atomic E-state index is 0.00917. The number of aryl methyl sites for hydroxylation is 1. The number of anilines is 1. The normalized spacial score (nSPS) is 10.8. The van der Waals surface area contributed by atoms with E-state index in [9.17, 15) is 12.8 Å². The molecule has 21 heavy (non-hydrogen) atoms. The van der Waals surface area contributed by atoms with E-state index in [4.69, 9.17) is 5.73 Å². The minimum atomic E-state index is -3.81. The van der Waals surface area contributed by atoms with Gasteiger partial charge in [-0.3, -0.25) is 9.82 Å². The van der Waals surface area contributed by atoms with Gasteiger partial charge in [-0.05, 0) is 25.1 Å². The number of hydrogen-bond donors (Lipinski definition) is 3. The van der Waals surface area contributed by atoms with Crippen LogP contribution in [0.15, 0.2) is 29.3 Å². The summed E-state index contributed by atoms with van der Waals surface area (Å²) in [6.45, 7) is 1.70. The molecule has 1 heterocycles. The molecule has 0 amide bonds. The van der Waals surface area contributed by atoms with E-state index in [1.54, 1.807) is 6.92 Å². The van der Waals surface area contributed by atoms with Crippen LogP contribution in [-0.2, 0) is 10.0 Å². The van der Waals surface area contributed by atoms with Crippen molar-refractivity contribution in [3.05, 3.63) is 41.5 Å². The van der Waals surface area contributed by atoms with Crippen molar-refractivity contribution in [2.45, 2.75) is 11.8 Å². The van der Waals surface area contributed by atoms with Crippen LogP contribution in [0.1, 0.15) is 11.3 Å². The molecule has 0 spiro atoms. The molecule has 4 N–H and O–H groups in total. The monoisotopic (exact) mass is 308 g/mol. The Morgan fingerprint density at radius 1 is 1.48 bits per heavy atom. The van der Waals surface area contributed by atoms with Crippen LogP contribution >= 0.6 is 0 Å². The van der Waals surface area contributed by atoms with Crippen LogP contribution in [0.2, 0.25) is 0 Å². The number of H-pyrrole nitrogens is 1. The summed E-state index contributed by atoms with van der Waals surface area (Å²) in [4.78, 5) is 0.00917. The topological polar surface area (TPSA) is 101 Å². The lowest BCUT2D eigenvalue weighted by molar-refractivity contribution is 0.600. The van der Waals surface area contributed by atoms with Crippen molar-refractivity contribution < 1.29 is 12.8 Å². The number of benzene rings is 1. The van der Waals surface area contributed by atoms with Crippen molar-refractivity contribution in [1.29, 1.82) is 0 Å². The van der Waals surface area contributed by atoms with E-state index in [0.717, 1.165) is 6.07 Å². The first-order valence-corrected chi connectivity index (χ1v) is 7.43. The van der Waals surface area contributed by atoms with E-state index in [1.807, 2.05) is 0 Å². The number of aromatic amines is 1. The average Bonchev–Trinajstić information content (AvgIpc) is 2.84. The summed E-state index contributed by atoms with van der Waals surface area (Å²) in [5.74, 6) is 4.46. The first kappa shape index (κ1) is 15.0. The molecule has 0 aliphatic rings. The van der Waals surface area contributed by atoms with E-state index in [0.29, 0.717) is 5.69 Å². The van der Waals surface area contributed by atoms with Gasteiger partial charge in [-0.1, -0.05) is 11.8 Å². The Morgan fingerprint density at radius 2 is 2.24 bits per heavy atom. The molecule has 2 aromatic rings. The number of rotatable bonds is 3. The Kier molecular flexibility index (Phi) is 4.26. The highest BCUT2D eigenvalue weighted by Gasteiger charge is 2.19. The first-order valence-electron chi connectivity index (χ1n) is 5.95. The van der Waals surface area contributed by atoms with Crippen LogP contribution in [0.25, 0.3) is 0 Å². The van der Waals surface area contributed by atoms with E-state index in [1.165, 1.54) is 18.3 Å². The number of hydrogen-bond acceptors (Lipinski definition) is 4. The molecule has 0 unspecified atom stereocenters. The van der Waals surface area contributed by atoms with E-state index in [-0.39, 0.29) is 22.7 Å². The second kappa shape index (κ2) is 5.95. The molecule has 0 saturated carbocycles. The smallest absolute Gasteiger partial charge is 0.265 e. The molecule has 0 saturated heterocycles. The average molecular weight is 308 g/mol. The Labute approximate surface area is 121 Å². The lowest BCUT2D eigenvalue weighted by Crippen LogP contribution is -2.13. The molecule has 0 aliphatic heterocycles. The lowest BCUT2D eigenvalue weighted by Gasteiger charge is -2.07. The molecule has 0 atom stereocenters. The summed E-state index contributed by atoms with van der Waals surface area (Å²) in [6, 6.07) is 3.88. The summed E-state index contributed by atoms with van der Waals surface area (Å²) in [6.07, 6.45) is 1.19. The van der Waals surface area contributed by atoms with Gasteiger partial charge in [-0.2, -0.15) is 5.10 Å². The van der Waals surface area contributed by atoms with Gasteiger partial charge >= 0.3 is 0 Å². The van der Waals surface area contributed by atoms with Crippen molar-refractivity contribution in [2.24, 2.45) is 5.73 Å². The summed E-state index contributed by atoms with van der Waals surface area (Å²) in [5.41, 5.74) is 5.87. The predicted molar refractivity (Wildman–Crippen MR) is 76.5 cm³/mol. The van der Waals surface area contributed by atoms with Gasteiger partial charge < -0.3 is 5.73 Å². The van der Waals surface area contributed by atoms with Crippen LogP contribution < -0.4 is 10.5 Å². The van der Waals surface area contributed by atoms with Gasteiger partial charge in [0.15, 0.2) is 0 Å². The fraction of sp³-hybridized carbons (Fsp3) is 0.154. The quantitative estimate of drug-likeness (QED) is 0.735. The molecule has 0 aliphatic carbocycles. The third-order valence-electron chi connectivity index (χ3n) is 2.62. The third kappa shape index (κ3) is 3.39. The van der Waals surface area contributed by atoms with Gasteiger partial charge in [0, 0.05) is 0 Å². The minimum Gasteiger partial charge on any atom is -0.320 e. The van der Waals surface area contributed by atoms with Gasteiger partial charge in [0.05, 0.1) is 29.7 Å². The summed E-state index contributed by atoms with van der Waals surface area (Å²) in [7, 11) is -3.81. The highest BCUT2D eigenvalue weighted by atomic mass is 32.2. The molecular weight excluding hydrogens is 295 g/mol. The lowest BCUT2D eigenvalue weighted by atomic mass is 10.2. The largest absolute Gasteiger partial charge is 0.320 e. The summed E-state index contributed by atoms with van der Waals surface area (Å²) < 4.78 is 40.3. The highest BCUT2D eigenvalue weighted by molar-refractivity contribution is 7.92. The molecule has 1 aromatic heterocycles. The Morgan fingerprint density at radius 3 is 2.81 bits per heavy atom. The van der Waals surface area contributed by atoms with E-state index >= 15 is 0 Å². The fourth-order valence-electron chi connectivity index (χ4n) is 1.65. The molecule has 0 radical (unpaired) electrons. The zero-order chi connectivity index (χ0) is 15.5. The van der Waals surface area contributed by atoms with E-state index < -0.39 is 15.8 Å². The Balaban J connectivity index is 2.29. The molecule has 6 nitrogen and oxygen atoms in total. The number of halogens is 1. The van der Waals surface area contributed by atoms with Crippen LogP contribution in [0.3, 0.4) is 0 Å². The summed E-state index contributed by atoms with van der Waals surface area (Å²) >= 11 is 0. The van der Waals surface area contributed by atoms with E-state index in [2.05, 4.69) is 26.8 Å². The number of nitrogens with one attached hydrogen (secondary N) is 2. The first-order chi connectivity index (χ1) is 9.94. The maximum atomic E-state index is 13.8. The molecule has 2 rings (SSSR count). The van der Waals surface area contributed by atoms with Crippen molar-refractivity contribution in [1.82, 2.24) is 10.2 Å². The van der Waals surface area contributed by atoms with Gasteiger partial charge in [0.1, 0.15) is 10.7 Å². The Hall–Kier alpha value is -2.37. The van der Waals surface area contributed by atoms with Gasteiger partial charge in [0.2, 0.25) is 0 Å². The van der Waals surface area contributed by atoms with Crippen LogP contribution in [0.5, 0.6) is 0 Å². The number of aromatic nitrogens is 2. The van der Waals surface area contributed by atoms with Crippen molar-refractivity contribution in [3.63, 3.8) is 0 Å². The summed E-state index contributed by atoms with van der Waals surface area (Å²) in [5, 5.41) is 6.18. The molecule has 8 heteroatoms. The van der Waals surface area contributed by atoms with Crippen LogP contribution in [0.4, 0.5) is 10.1 Å². The van der Waals surface area contributed by atoms with Crippen molar-refractivity contribution in [3.8, 4) is 11.8 Å². The number of sulfonamides is 1. The van der Waals surface area contributed by atoms with Crippen molar-refractivity contribution >= 4 is 15.7 Å².